The monoisotopic (exact) mass is 300 g/mol. The summed E-state index contributed by atoms with van der Waals surface area (Å²) >= 11 is 0. The summed E-state index contributed by atoms with van der Waals surface area (Å²) in [5, 5.41) is 11.1. The first kappa shape index (κ1) is 15.9. The Kier molecular flexibility index (Phi) is 4.73. The fourth-order valence-corrected chi connectivity index (χ4v) is 2.49. The van der Waals surface area contributed by atoms with Crippen LogP contribution in [0.5, 0.6) is 0 Å². The standard InChI is InChI=1S/C18H17FO3/c1-3-16(13-9-11-15(19)12-10-13)18(21,17(20)22-2)14-7-5-4-6-8-14/h3-12,16,21H,1H2,2H3. The van der Waals surface area contributed by atoms with Crippen molar-refractivity contribution >= 4 is 5.97 Å². The predicted molar refractivity (Wildman–Crippen MR) is 81.7 cm³/mol. The van der Waals surface area contributed by atoms with Gasteiger partial charge in [-0.15, -0.1) is 6.58 Å². The van der Waals surface area contributed by atoms with E-state index in [1.54, 1.807) is 30.3 Å². The van der Waals surface area contributed by atoms with Crippen molar-refractivity contribution in [3.63, 3.8) is 0 Å². The third-order valence-corrected chi connectivity index (χ3v) is 3.63. The van der Waals surface area contributed by atoms with Crippen LogP contribution in [0.3, 0.4) is 0 Å². The second-order valence-corrected chi connectivity index (χ2v) is 4.89. The van der Waals surface area contributed by atoms with Crippen LogP contribution >= 0.6 is 0 Å². The number of carbonyl (C=O) groups excluding carboxylic acids is 1. The number of aliphatic hydroxyl groups is 1. The van der Waals surface area contributed by atoms with Crippen LogP contribution in [0.1, 0.15) is 17.0 Å². The van der Waals surface area contributed by atoms with Gasteiger partial charge in [0.05, 0.1) is 7.11 Å². The van der Waals surface area contributed by atoms with Gasteiger partial charge in [0.25, 0.3) is 0 Å². The topological polar surface area (TPSA) is 46.5 Å². The lowest BCUT2D eigenvalue weighted by Crippen LogP contribution is -2.42. The highest BCUT2D eigenvalue weighted by molar-refractivity contribution is 5.83. The van der Waals surface area contributed by atoms with Crippen molar-refractivity contribution in [1.29, 1.82) is 0 Å². The van der Waals surface area contributed by atoms with Gasteiger partial charge in [-0.3, -0.25) is 0 Å². The van der Waals surface area contributed by atoms with Crippen molar-refractivity contribution in [3.05, 3.63) is 84.2 Å². The predicted octanol–water partition coefficient (Wildman–Crippen LogP) is 3.16. The molecule has 0 radical (unpaired) electrons. The Hall–Kier alpha value is -2.46. The molecule has 2 aromatic rings. The van der Waals surface area contributed by atoms with E-state index in [2.05, 4.69) is 6.58 Å². The molecule has 2 rings (SSSR count). The summed E-state index contributed by atoms with van der Waals surface area (Å²) in [7, 11) is 1.21. The van der Waals surface area contributed by atoms with Crippen LogP contribution in [-0.4, -0.2) is 18.2 Å². The van der Waals surface area contributed by atoms with E-state index >= 15 is 0 Å². The van der Waals surface area contributed by atoms with Crippen molar-refractivity contribution in [2.75, 3.05) is 7.11 Å². The first-order chi connectivity index (χ1) is 10.5. The Morgan fingerprint density at radius 1 is 1.23 bits per heavy atom. The Labute approximate surface area is 128 Å². The van der Waals surface area contributed by atoms with Gasteiger partial charge < -0.3 is 9.84 Å². The second kappa shape index (κ2) is 6.54. The summed E-state index contributed by atoms with van der Waals surface area (Å²) in [6.07, 6.45) is 1.46. The highest BCUT2D eigenvalue weighted by Gasteiger charge is 2.46. The number of hydrogen-bond acceptors (Lipinski definition) is 3. The van der Waals surface area contributed by atoms with Gasteiger partial charge in [-0.1, -0.05) is 48.5 Å². The average molecular weight is 300 g/mol. The maximum absolute atomic E-state index is 13.1. The first-order valence-electron chi connectivity index (χ1n) is 6.78. The molecule has 22 heavy (non-hydrogen) atoms. The minimum Gasteiger partial charge on any atom is -0.467 e. The zero-order chi connectivity index (χ0) is 16.2. The zero-order valence-corrected chi connectivity index (χ0v) is 12.2. The fraction of sp³-hybridized carbons (Fsp3) is 0.167. The molecule has 0 saturated carbocycles. The molecular formula is C18H17FO3. The van der Waals surface area contributed by atoms with Crippen LogP contribution < -0.4 is 0 Å². The summed E-state index contributed by atoms with van der Waals surface area (Å²) in [6, 6.07) is 14.1. The molecule has 1 N–H and O–H groups in total. The van der Waals surface area contributed by atoms with Gasteiger partial charge in [0, 0.05) is 5.92 Å². The fourth-order valence-electron chi connectivity index (χ4n) is 2.49. The van der Waals surface area contributed by atoms with Gasteiger partial charge >= 0.3 is 5.97 Å². The van der Waals surface area contributed by atoms with Crippen LogP contribution in [-0.2, 0) is 15.1 Å². The number of carbonyl (C=O) groups is 1. The van der Waals surface area contributed by atoms with Gasteiger partial charge in [-0.2, -0.15) is 0 Å². The highest BCUT2D eigenvalue weighted by atomic mass is 19.1. The molecule has 0 fully saturated rings. The Balaban J connectivity index is 2.59. The quantitative estimate of drug-likeness (QED) is 0.681. The highest BCUT2D eigenvalue weighted by Crippen LogP contribution is 2.39. The van der Waals surface area contributed by atoms with Crippen LogP contribution in [0.25, 0.3) is 0 Å². The third-order valence-electron chi connectivity index (χ3n) is 3.63. The van der Waals surface area contributed by atoms with Crippen molar-refractivity contribution < 1.29 is 19.0 Å². The van der Waals surface area contributed by atoms with Crippen molar-refractivity contribution in [1.82, 2.24) is 0 Å². The van der Waals surface area contributed by atoms with E-state index in [4.69, 9.17) is 4.74 Å². The average Bonchev–Trinajstić information content (AvgIpc) is 2.57. The molecule has 0 spiro atoms. The maximum atomic E-state index is 13.1. The summed E-state index contributed by atoms with van der Waals surface area (Å²) in [5.41, 5.74) is -0.987. The van der Waals surface area contributed by atoms with E-state index in [0.717, 1.165) is 0 Å². The molecule has 4 heteroatoms. The Morgan fingerprint density at radius 2 is 1.82 bits per heavy atom. The molecule has 0 bridgehead atoms. The van der Waals surface area contributed by atoms with E-state index in [0.29, 0.717) is 11.1 Å². The molecule has 2 atom stereocenters. The first-order valence-corrected chi connectivity index (χ1v) is 6.78. The number of halogens is 1. The van der Waals surface area contributed by atoms with E-state index in [1.165, 1.54) is 37.5 Å². The zero-order valence-electron chi connectivity index (χ0n) is 12.2. The van der Waals surface area contributed by atoms with Crippen LogP contribution in [0.2, 0.25) is 0 Å². The number of rotatable bonds is 5. The molecule has 0 aliphatic heterocycles. The van der Waals surface area contributed by atoms with E-state index < -0.39 is 23.3 Å². The molecular weight excluding hydrogens is 283 g/mol. The number of esters is 1. The summed E-state index contributed by atoms with van der Waals surface area (Å²) in [4.78, 5) is 12.3. The lowest BCUT2D eigenvalue weighted by Gasteiger charge is -2.32. The van der Waals surface area contributed by atoms with Crippen LogP contribution in [0, 0.1) is 5.82 Å². The number of hydrogen-bond donors (Lipinski definition) is 1. The van der Waals surface area contributed by atoms with Gasteiger partial charge in [-0.05, 0) is 23.3 Å². The normalized spacial score (nSPS) is 14.7. The maximum Gasteiger partial charge on any atom is 0.343 e. The van der Waals surface area contributed by atoms with E-state index in [-0.39, 0.29) is 0 Å². The summed E-state index contributed by atoms with van der Waals surface area (Å²) in [5.74, 6) is -1.97. The molecule has 2 aromatic carbocycles. The Bertz CT molecular complexity index is 652. The smallest absolute Gasteiger partial charge is 0.343 e. The number of methoxy groups -OCH3 is 1. The Morgan fingerprint density at radius 3 is 2.32 bits per heavy atom. The molecule has 114 valence electrons. The minimum absolute atomic E-state index is 0.385. The second-order valence-electron chi connectivity index (χ2n) is 4.89. The van der Waals surface area contributed by atoms with Gasteiger partial charge in [-0.25, -0.2) is 9.18 Å². The largest absolute Gasteiger partial charge is 0.467 e. The summed E-state index contributed by atoms with van der Waals surface area (Å²) < 4.78 is 17.9. The van der Waals surface area contributed by atoms with E-state index in [9.17, 15) is 14.3 Å². The molecule has 0 aliphatic carbocycles. The lowest BCUT2D eigenvalue weighted by atomic mass is 9.77. The molecule has 0 amide bonds. The van der Waals surface area contributed by atoms with Crippen LogP contribution in [0.15, 0.2) is 67.3 Å². The minimum atomic E-state index is -1.93. The summed E-state index contributed by atoms with van der Waals surface area (Å²) in [6.45, 7) is 3.71. The van der Waals surface area contributed by atoms with Crippen LogP contribution in [0.4, 0.5) is 4.39 Å². The molecule has 3 nitrogen and oxygen atoms in total. The van der Waals surface area contributed by atoms with Crippen molar-refractivity contribution in [3.8, 4) is 0 Å². The molecule has 0 aromatic heterocycles. The number of ether oxygens (including phenoxy) is 1. The lowest BCUT2D eigenvalue weighted by molar-refractivity contribution is -0.165. The molecule has 0 heterocycles. The molecule has 0 saturated heterocycles. The van der Waals surface area contributed by atoms with Crippen molar-refractivity contribution in [2.24, 2.45) is 0 Å². The number of benzene rings is 2. The molecule has 0 aliphatic rings. The van der Waals surface area contributed by atoms with Crippen molar-refractivity contribution in [2.45, 2.75) is 11.5 Å². The van der Waals surface area contributed by atoms with Gasteiger partial charge in [0.1, 0.15) is 5.82 Å². The SMILES string of the molecule is C=CC(c1ccc(F)cc1)C(O)(C(=O)OC)c1ccccc1. The molecule has 2 unspecified atom stereocenters. The van der Waals surface area contributed by atoms with Gasteiger partial charge in [0.15, 0.2) is 5.60 Å². The third kappa shape index (κ3) is 2.78. The van der Waals surface area contributed by atoms with E-state index in [1.807, 2.05) is 0 Å². The van der Waals surface area contributed by atoms with Gasteiger partial charge in [0.2, 0.25) is 0 Å².